The van der Waals surface area contributed by atoms with Gasteiger partial charge in [0.2, 0.25) is 5.91 Å². The summed E-state index contributed by atoms with van der Waals surface area (Å²) in [4.78, 5) is 22.6. The van der Waals surface area contributed by atoms with Gasteiger partial charge in [-0.25, -0.2) is 0 Å². The largest absolute Gasteiger partial charge is 0.490 e. The SMILES string of the molecule is COc1ccc(CSCC(=O)NCc2n[nH]c(=S)n2C2CC2)cc1[N+](=O)[O-]. The first kappa shape index (κ1) is 19.4. The van der Waals surface area contributed by atoms with Gasteiger partial charge >= 0.3 is 5.69 Å². The van der Waals surface area contributed by atoms with Crippen LogP contribution in [0, 0.1) is 14.9 Å². The van der Waals surface area contributed by atoms with Gasteiger partial charge in [-0.05, 0) is 36.7 Å². The number of ether oxygens (including phenoxy) is 1. The zero-order chi connectivity index (χ0) is 19.4. The van der Waals surface area contributed by atoms with Gasteiger partial charge in [0.25, 0.3) is 0 Å². The van der Waals surface area contributed by atoms with E-state index in [1.807, 2.05) is 4.57 Å². The van der Waals surface area contributed by atoms with Gasteiger partial charge in [-0.15, -0.1) is 11.8 Å². The number of rotatable bonds is 9. The van der Waals surface area contributed by atoms with Crippen molar-refractivity contribution in [3.8, 4) is 5.75 Å². The predicted octanol–water partition coefficient (Wildman–Crippen LogP) is 2.74. The number of aromatic nitrogens is 3. The lowest BCUT2D eigenvalue weighted by molar-refractivity contribution is -0.385. The molecule has 1 aliphatic carbocycles. The average Bonchev–Trinajstić information content (AvgIpc) is 3.42. The Labute approximate surface area is 164 Å². The van der Waals surface area contributed by atoms with Crippen molar-refractivity contribution in [2.24, 2.45) is 0 Å². The molecule has 11 heteroatoms. The molecule has 0 aliphatic heterocycles. The highest BCUT2D eigenvalue weighted by molar-refractivity contribution is 7.99. The summed E-state index contributed by atoms with van der Waals surface area (Å²) in [5, 5.41) is 20.8. The van der Waals surface area contributed by atoms with Crippen LogP contribution in [0.15, 0.2) is 18.2 Å². The molecule has 0 bridgehead atoms. The van der Waals surface area contributed by atoms with Crippen LogP contribution in [0.2, 0.25) is 0 Å². The van der Waals surface area contributed by atoms with Gasteiger partial charge in [0.05, 0.1) is 24.3 Å². The number of hydrogen-bond donors (Lipinski definition) is 2. The van der Waals surface area contributed by atoms with Crippen molar-refractivity contribution < 1.29 is 14.5 Å². The maximum absolute atomic E-state index is 12.1. The first-order chi connectivity index (χ1) is 13.0. The summed E-state index contributed by atoms with van der Waals surface area (Å²) >= 11 is 6.59. The van der Waals surface area contributed by atoms with E-state index in [4.69, 9.17) is 17.0 Å². The van der Waals surface area contributed by atoms with Gasteiger partial charge in [-0.3, -0.25) is 24.6 Å². The molecule has 1 aliphatic rings. The fourth-order valence-electron chi connectivity index (χ4n) is 2.63. The molecule has 0 spiro atoms. The lowest BCUT2D eigenvalue weighted by Gasteiger charge is -2.07. The number of amides is 1. The molecule has 1 heterocycles. The number of benzene rings is 1. The van der Waals surface area contributed by atoms with Gasteiger partial charge in [0.1, 0.15) is 0 Å². The number of carbonyl (C=O) groups is 1. The Hall–Kier alpha value is -2.40. The highest BCUT2D eigenvalue weighted by atomic mass is 32.2. The molecule has 1 aromatic carbocycles. The summed E-state index contributed by atoms with van der Waals surface area (Å²) in [6, 6.07) is 5.18. The van der Waals surface area contributed by atoms with Gasteiger partial charge < -0.3 is 10.1 Å². The van der Waals surface area contributed by atoms with E-state index in [1.54, 1.807) is 12.1 Å². The second-order valence-corrected chi connectivity index (χ2v) is 7.45. The number of nitrogens with one attached hydrogen (secondary N) is 2. The molecule has 3 rings (SSSR count). The Morgan fingerprint density at radius 1 is 1.56 bits per heavy atom. The number of methoxy groups -OCH3 is 1. The first-order valence-electron chi connectivity index (χ1n) is 8.31. The van der Waals surface area contributed by atoms with E-state index < -0.39 is 4.92 Å². The second kappa shape index (κ2) is 8.53. The number of thioether (sulfide) groups is 1. The molecule has 9 nitrogen and oxygen atoms in total. The molecular weight excluding hydrogens is 390 g/mol. The Morgan fingerprint density at radius 3 is 3.00 bits per heavy atom. The van der Waals surface area contributed by atoms with Gasteiger partial charge in [0, 0.05) is 17.9 Å². The monoisotopic (exact) mass is 409 g/mol. The molecule has 0 unspecified atom stereocenters. The maximum Gasteiger partial charge on any atom is 0.311 e. The first-order valence-corrected chi connectivity index (χ1v) is 9.87. The van der Waals surface area contributed by atoms with Crippen LogP contribution in [-0.2, 0) is 17.1 Å². The van der Waals surface area contributed by atoms with E-state index in [-0.39, 0.29) is 23.1 Å². The Balaban J connectivity index is 1.48. The highest BCUT2D eigenvalue weighted by Crippen LogP contribution is 2.35. The minimum Gasteiger partial charge on any atom is -0.490 e. The number of nitrogens with zero attached hydrogens (tertiary/aromatic N) is 3. The van der Waals surface area contributed by atoms with Crippen molar-refractivity contribution in [1.29, 1.82) is 0 Å². The number of nitro benzene ring substituents is 1. The Morgan fingerprint density at radius 2 is 2.33 bits per heavy atom. The van der Waals surface area contributed by atoms with Crippen LogP contribution in [0.5, 0.6) is 5.75 Å². The van der Waals surface area contributed by atoms with Crippen LogP contribution in [0.3, 0.4) is 0 Å². The fourth-order valence-corrected chi connectivity index (χ4v) is 3.73. The molecule has 2 N–H and O–H groups in total. The Bertz CT molecular complexity index is 906. The van der Waals surface area contributed by atoms with Crippen molar-refractivity contribution in [2.45, 2.75) is 31.2 Å². The molecular formula is C16H19N5O4S2. The third-order valence-electron chi connectivity index (χ3n) is 4.08. The minimum absolute atomic E-state index is 0.0806. The molecule has 27 heavy (non-hydrogen) atoms. The van der Waals surface area contributed by atoms with E-state index in [9.17, 15) is 14.9 Å². The van der Waals surface area contributed by atoms with Crippen molar-refractivity contribution in [2.75, 3.05) is 12.9 Å². The quantitative estimate of drug-likeness (QED) is 0.372. The zero-order valence-corrected chi connectivity index (χ0v) is 16.3. The van der Waals surface area contributed by atoms with Crippen LogP contribution in [0.25, 0.3) is 0 Å². The number of H-pyrrole nitrogens is 1. The standard InChI is InChI=1S/C16H19N5O4S2/c1-25-13-5-2-10(6-12(13)21(23)24)8-27-9-15(22)17-7-14-18-19-16(26)20(14)11-3-4-11/h2,5-6,11H,3-4,7-9H2,1H3,(H,17,22)(H,19,26). The van der Waals surface area contributed by atoms with E-state index >= 15 is 0 Å². The summed E-state index contributed by atoms with van der Waals surface area (Å²) in [5.74, 6) is 1.55. The zero-order valence-electron chi connectivity index (χ0n) is 14.6. The van der Waals surface area contributed by atoms with Crippen LogP contribution < -0.4 is 10.1 Å². The molecule has 1 saturated carbocycles. The van der Waals surface area contributed by atoms with E-state index in [1.165, 1.54) is 24.9 Å². The molecule has 144 valence electrons. The maximum atomic E-state index is 12.1. The number of nitro groups is 1. The molecule has 1 fully saturated rings. The average molecular weight is 409 g/mol. The molecule has 1 aromatic heterocycles. The van der Waals surface area contributed by atoms with Gasteiger partial charge in [-0.2, -0.15) is 5.10 Å². The summed E-state index contributed by atoms with van der Waals surface area (Å²) < 4.78 is 7.52. The fraction of sp³-hybridized carbons (Fsp3) is 0.438. The van der Waals surface area contributed by atoms with Crippen molar-refractivity contribution >= 4 is 35.6 Å². The molecule has 2 aromatic rings. The second-order valence-electron chi connectivity index (χ2n) is 6.08. The topological polar surface area (TPSA) is 115 Å². The van der Waals surface area contributed by atoms with Crippen molar-refractivity contribution in [3.63, 3.8) is 0 Å². The summed E-state index contributed by atoms with van der Waals surface area (Å²) in [5.41, 5.74) is 0.679. The predicted molar refractivity (Wildman–Crippen MR) is 103 cm³/mol. The summed E-state index contributed by atoms with van der Waals surface area (Å²) in [6.45, 7) is 0.317. The lowest BCUT2D eigenvalue weighted by Crippen LogP contribution is -2.26. The Kier molecular flexibility index (Phi) is 6.11. The van der Waals surface area contributed by atoms with Crippen LogP contribution in [0.4, 0.5) is 5.69 Å². The van der Waals surface area contributed by atoms with E-state index in [0.717, 1.165) is 24.2 Å². The van der Waals surface area contributed by atoms with Crippen LogP contribution in [-0.4, -0.2) is 38.5 Å². The molecule has 1 amide bonds. The normalized spacial score (nSPS) is 13.4. The number of carbonyl (C=O) groups excluding carboxylic acids is 1. The van der Waals surface area contributed by atoms with Gasteiger partial charge in [-0.1, -0.05) is 6.07 Å². The van der Waals surface area contributed by atoms with E-state index in [2.05, 4.69) is 15.5 Å². The molecule has 0 radical (unpaired) electrons. The third kappa shape index (κ3) is 4.86. The highest BCUT2D eigenvalue weighted by Gasteiger charge is 2.27. The smallest absolute Gasteiger partial charge is 0.311 e. The minimum atomic E-state index is -0.480. The van der Waals surface area contributed by atoms with Crippen LogP contribution >= 0.6 is 24.0 Å². The summed E-state index contributed by atoms with van der Waals surface area (Å²) in [6.07, 6.45) is 2.16. The molecule has 0 atom stereocenters. The van der Waals surface area contributed by atoms with E-state index in [0.29, 0.717) is 23.1 Å². The van der Waals surface area contributed by atoms with Crippen molar-refractivity contribution in [1.82, 2.24) is 20.1 Å². The molecule has 0 saturated heterocycles. The van der Waals surface area contributed by atoms with Crippen molar-refractivity contribution in [3.05, 3.63) is 44.5 Å². The third-order valence-corrected chi connectivity index (χ3v) is 5.37. The number of aromatic amines is 1. The number of hydrogen-bond acceptors (Lipinski definition) is 7. The lowest BCUT2D eigenvalue weighted by atomic mass is 10.2. The van der Waals surface area contributed by atoms with Crippen LogP contribution in [0.1, 0.15) is 30.3 Å². The summed E-state index contributed by atoms with van der Waals surface area (Å²) in [7, 11) is 1.39. The van der Waals surface area contributed by atoms with Gasteiger partial charge in [0.15, 0.2) is 16.3 Å².